The van der Waals surface area contributed by atoms with Crippen LogP contribution in [0.25, 0.3) is 17.0 Å². The second-order valence-electron chi connectivity index (χ2n) is 17.0. The van der Waals surface area contributed by atoms with E-state index in [4.69, 9.17) is 28.7 Å². The Kier molecular flexibility index (Phi) is 12.9. The predicted octanol–water partition coefficient (Wildman–Crippen LogP) is 4.29. The minimum absolute atomic E-state index is 0.133. The second kappa shape index (κ2) is 17.2. The number of cyclic esters (lactones) is 1. The molecule has 2 bridgehead atoms. The van der Waals surface area contributed by atoms with E-state index in [-0.39, 0.29) is 37.1 Å². The normalized spacial score (nSPS) is 38.2. The van der Waals surface area contributed by atoms with Gasteiger partial charge >= 0.3 is 12.1 Å². The highest BCUT2D eigenvalue weighted by atomic mass is 16.7. The minimum Gasteiger partial charge on any atom is -0.455 e. The predicted molar refractivity (Wildman–Crippen MR) is 213 cm³/mol. The van der Waals surface area contributed by atoms with Crippen LogP contribution in [0.15, 0.2) is 47.6 Å². The van der Waals surface area contributed by atoms with E-state index in [1.54, 1.807) is 24.9 Å². The molecule has 2 aromatic rings. The van der Waals surface area contributed by atoms with Gasteiger partial charge in [0.1, 0.15) is 12.0 Å². The molecule has 14 nitrogen and oxygen atoms in total. The summed E-state index contributed by atoms with van der Waals surface area (Å²) in [5.74, 6) is -4.29. The van der Waals surface area contributed by atoms with Crippen LogP contribution in [0, 0.1) is 23.7 Å². The fourth-order valence-corrected chi connectivity index (χ4v) is 9.60. The molecule has 312 valence electrons. The molecule has 1 aromatic carbocycles. The SMILES string of the molecule is C[C@H]1C(=O)O[C@H](CO)[C@@]2(C)OC(=O)N3CCN=C([C@H](C)C[C@](C)(OC/C=C/c4ccc5ncccc5c4)[C@H](O[C@H]4O[C@@H](C)C[C@@H](N(C)C)C4O)[C@@H](C)C1=O)[C@H](C)[C@@H]32. The molecule has 5 heterocycles. The molecule has 57 heavy (non-hydrogen) atoms. The lowest BCUT2D eigenvalue weighted by molar-refractivity contribution is -0.296. The van der Waals surface area contributed by atoms with E-state index < -0.39 is 78.1 Å². The van der Waals surface area contributed by atoms with Gasteiger partial charge < -0.3 is 38.8 Å². The molecule has 0 saturated carbocycles. The zero-order chi connectivity index (χ0) is 41.4. The van der Waals surface area contributed by atoms with Gasteiger partial charge in [-0.25, -0.2) is 4.79 Å². The number of rotatable bonds is 8. The Morgan fingerprint density at radius 1 is 1.07 bits per heavy atom. The number of Topliss-reactive ketones (excluding diaryl/α,β-unsaturated/α-hetero) is 1. The number of aromatic nitrogens is 1. The zero-order valence-corrected chi connectivity index (χ0v) is 34.7. The van der Waals surface area contributed by atoms with Crippen molar-refractivity contribution in [2.45, 2.75) is 115 Å². The third-order valence-corrected chi connectivity index (χ3v) is 12.6. The summed E-state index contributed by atoms with van der Waals surface area (Å²) in [5.41, 5.74) is -0.0267. The van der Waals surface area contributed by atoms with E-state index in [1.807, 2.05) is 89.2 Å². The van der Waals surface area contributed by atoms with E-state index in [1.165, 1.54) is 6.92 Å². The monoisotopic (exact) mass is 792 g/mol. The number of benzene rings is 1. The first kappa shape index (κ1) is 42.8. The summed E-state index contributed by atoms with van der Waals surface area (Å²) in [4.78, 5) is 54.8. The summed E-state index contributed by atoms with van der Waals surface area (Å²) < 4.78 is 31.9. The van der Waals surface area contributed by atoms with Crippen molar-refractivity contribution in [1.29, 1.82) is 0 Å². The topological polar surface area (TPSA) is 170 Å². The van der Waals surface area contributed by atoms with Gasteiger partial charge in [-0.05, 0) is 84.3 Å². The van der Waals surface area contributed by atoms with Crippen LogP contribution in [0.3, 0.4) is 0 Å². The van der Waals surface area contributed by atoms with Crippen LogP contribution in [-0.4, -0.2) is 143 Å². The van der Waals surface area contributed by atoms with E-state index in [0.29, 0.717) is 19.4 Å². The Bertz CT molecular complexity index is 1850. The number of aliphatic hydroxyl groups is 2. The average molecular weight is 793 g/mol. The molecule has 0 aliphatic carbocycles. The van der Waals surface area contributed by atoms with Crippen LogP contribution < -0.4 is 0 Å². The third kappa shape index (κ3) is 8.53. The smallest absolute Gasteiger partial charge is 0.411 e. The lowest BCUT2D eigenvalue weighted by Gasteiger charge is -2.47. The fraction of sp³-hybridized carbons (Fsp3) is 0.651. The van der Waals surface area contributed by atoms with Crippen LogP contribution in [0.5, 0.6) is 0 Å². The van der Waals surface area contributed by atoms with Gasteiger partial charge in [0.2, 0.25) is 0 Å². The number of hydrogen-bond acceptors (Lipinski definition) is 13. The number of ether oxygens (including phenoxy) is 5. The fourth-order valence-electron chi connectivity index (χ4n) is 9.60. The first-order chi connectivity index (χ1) is 27.0. The standard InChI is InChI=1S/C43H60N4O10/c1-24-22-42(6,53-19-11-12-29-14-15-31-30(21-29)13-10-16-44-31)38(56-40-36(50)32(46(8)9)20-25(2)54-40)27(4)35(49)28(5)39(51)55-33(23-48)43(7)37-26(3)34(24)45-17-18-47(37)41(52)57-43/h10-16,21,24-28,32-33,36-38,40,48,50H,17-20,22-23H2,1-9H3/b12-11+/t24-,25+,26+,27+,28-,32-,33-,36?,37-,38-,40-,42+,43-/m1/s1. The van der Waals surface area contributed by atoms with Crippen LogP contribution in [-0.2, 0) is 33.3 Å². The van der Waals surface area contributed by atoms with Gasteiger partial charge in [0.05, 0.1) is 49.1 Å². The van der Waals surface area contributed by atoms with Gasteiger partial charge in [0.15, 0.2) is 23.8 Å². The highest BCUT2D eigenvalue weighted by Gasteiger charge is 2.61. The maximum atomic E-state index is 14.5. The summed E-state index contributed by atoms with van der Waals surface area (Å²) in [7, 11) is 3.78. The Morgan fingerprint density at radius 2 is 1.82 bits per heavy atom. The number of amides is 1. The number of aliphatic imine (C=N–C) groups is 1. The number of fused-ring (bicyclic) bond motifs is 2. The summed E-state index contributed by atoms with van der Waals surface area (Å²) in [6.07, 6.45) is 1.20. The van der Waals surface area contributed by atoms with Crippen molar-refractivity contribution in [1.82, 2.24) is 14.8 Å². The Balaban J connectivity index is 1.42. The van der Waals surface area contributed by atoms with Gasteiger partial charge in [-0.2, -0.15) is 0 Å². The molecule has 4 aliphatic heterocycles. The number of aliphatic hydroxyl groups excluding tert-OH is 2. The number of nitrogens with zero attached hydrogens (tertiary/aromatic N) is 4. The molecule has 0 radical (unpaired) electrons. The molecule has 14 heteroatoms. The summed E-state index contributed by atoms with van der Waals surface area (Å²) >= 11 is 0. The number of hydrogen-bond donors (Lipinski definition) is 2. The molecule has 1 unspecified atom stereocenters. The molecule has 3 saturated heterocycles. The van der Waals surface area contributed by atoms with Gasteiger partial charge in [0, 0.05) is 41.7 Å². The van der Waals surface area contributed by atoms with Gasteiger partial charge in [-0.15, -0.1) is 0 Å². The van der Waals surface area contributed by atoms with E-state index >= 15 is 0 Å². The number of pyridine rings is 1. The summed E-state index contributed by atoms with van der Waals surface area (Å²) in [5, 5.41) is 23.3. The van der Waals surface area contributed by atoms with Crippen LogP contribution in [0.2, 0.25) is 0 Å². The number of carbonyl (C=O) groups excluding carboxylic acids is 3. The number of likely N-dealkylation sites (N-methyl/N-ethyl adjacent to an activating group) is 1. The highest BCUT2D eigenvalue weighted by molar-refractivity contribution is 6.00. The van der Waals surface area contributed by atoms with E-state index in [0.717, 1.165) is 22.2 Å². The Labute approximate surface area is 335 Å². The number of esters is 1. The van der Waals surface area contributed by atoms with Gasteiger partial charge in [-0.3, -0.25) is 24.5 Å². The molecular weight excluding hydrogens is 732 g/mol. The van der Waals surface area contributed by atoms with Gasteiger partial charge in [0.25, 0.3) is 0 Å². The molecule has 3 fully saturated rings. The van der Waals surface area contributed by atoms with Crippen molar-refractivity contribution in [3.8, 4) is 0 Å². The number of ketones is 1. The molecule has 4 aliphatic rings. The van der Waals surface area contributed by atoms with Crippen molar-refractivity contribution >= 4 is 40.5 Å². The molecular formula is C43H60N4O10. The van der Waals surface area contributed by atoms with Crippen molar-refractivity contribution in [3.63, 3.8) is 0 Å². The largest absolute Gasteiger partial charge is 0.455 e. The average Bonchev–Trinajstić information content (AvgIpc) is 3.30. The molecule has 1 amide bonds. The molecule has 2 N–H and O–H groups in total. The van der Waals surface area contributed by atoms with Crippen molar-refractivity contribution < 1.29 is 48.3 Å². The lowest BCUT2D eigenvalue weighted by atomic mass is 9.73. The van der Waals surface area contributed by atoms with Crippen LogP contribution >= 0.6 is 0 Å². The quantitative estimate of drug-likeness (QED) is 0.288. The summed E-state index contributed by atoms with van der Waals surface area (Å²) in [6, 6.07) is 8.97. The highest BCUT2D eigenvalue weighted by Crippen LogP contribution is 2.43. The Morgan fingerprint density at radius 3 is 2.54 bits per heavy atom. The van der Waals surface area contributed by atoms with Crippen molar-refractivity contribution in [2.24, 2.45) is 28.7 Å². The number of carbonyl (C=O) groups is 3. The Hall–Kier alpha value is -3.79. The first-order valence-electron chi connectivity index (χ1n) is 20.2. The van der Waals surface area contributed by atoms with E-state index in [2.05, 4.69) is 4.98 Å². The van der Waals surface area contributed by atoms with Crippen LogP contribution in [0.4, 0.5) is 4.79 Å². The maximum absolute atomic E-state index is 14.5. The molecule has 0 spiro atoms. The maximum Gasteiger partial charge on any atom is 0.411 e. The zero-order valence-electron chi connectivity index (χ0n) is 34.7. The van der Waals surface area contributed by atoms with Crippen molar-refractivity contribution in [2.75, 3.05) is 40.4 Å². The molecule has 1 aromatic heterocycles. The second-order valence-corrected chi connectivity index (χ2v) is 17.0. The third-order valence-electron chi connectivity index (χ3n) is 12.6. The molecule has 13 atom stereocenters. The van der Waals surface area contributed by atoms with Gasteiger partial charge in [-0.1, -0.05) is 45.1 Å². The van der Waals surface area contributed by atoms with Crippen LogP contribution in [0.1, 0.15) is 66.9 Å². The lowest BCUT2D eigenvalue weighted by Crippen LogP contribution is -2.60. The van der Waals surface area contributed by atoms with Crippen molar-refractivity contribution in [3.05, 3.63) is 48.2 Å². The summed E-state index contributed by atoms with van der Waals surface area (Å²) in [6.45, 7) is 12.7. The van der Waals surface area contributed by atoms with E-state index in [9.17, 15) is 24.6 Å². The molecule has 6 rings (SSSR count). The first-order valence-corrected chi connectivity index (χ1v) is 20.2. The minimum atomic E-state index is -1.44.